The second-order valence-electron chi connectivity index (χ2n) is 3.54. The zero-order valence-corrected chi connectivity index (χ0v) is 7.55. The number of aliphatic hydroxyl groups is 1. The summed E-state index contributed by atoms with van der Waals surface area (Å²) >= 11 is 0. The number of terminal acetylenes is 1. The molecule has 12 heavy (non-hydrogen) atoms. The van der Waals surface area contributed by atoms with Crippen LogP contribution in [0.1, 0.15) is 32.6 Å². The summed E-state index contributed by atoms with van der Waals surface area (Å²) in [5.74, 6) is 2.46. The van der Waals surface area contributed by atoms with Gasteiger partial charge in [0, 0.05) is 13.0 Å². The van der Waals surface area contributed by atoms with E-state index in [2.05, 4.69) is 5.92 Å². The molecule has 1 saturated heterocycles. The van der Waals surface area contributed by atoms with Crippen LogP contribution in [0.3, 0.4) is 0 Å². The van der Waals surface area contributed by atoms with Gasteiger partial charge in [-0.25, -0.2) is 0 Å². The Morgan fingerprint density at radius 2 is 2.42 bits per heavy atom. The molecule has 0 spiro atoms. The molecule has 1 fully saturated rings. The Labute approximate surface area is 73.9 Å². The fraction of sp³-hybridized carbons (Fsp3) is 0.800. The molecule has 1 heterocycles. The summed E-state index contributed by atoms with van der Waals surface area (Å²) in [6.07, 6.45) is 8.13. The molecule has 0 aliphatic carbocycles. The summed E-state index contributed by atoms with van der Waals surface area (Å²) in [5.41, 5.74) is -0.398. The average Bonchev–Trinajstić information content (AvgIpc) is 2.06. The third kappa shape index (κ3) is 2.00. The topological polar surface area (TPSA) is 29.5 Å². The highest BCUT2D eigenvalue weighted by atomic mass is 16.5. The molecule has 0 aromatic rings. The fourth-order valence-electron chi connectivity index (χ4n) is 1.55. The minimum Gasteiger partial charge on any atom is -0.389 e. The van der Waals surface area contributed by atoms with Crippen LogP contribution in [0.15, 0.2) is 0 Å². The average molecular weight is 168 g/mol. The first-order valence-electron chi connectivity index (χ1n) is 4.44. The molecule has 2 nitrogen and oxygen atoms in total. The molecule has 0 aromatic carbocycles. The molecule has 1 aliphatic rings. The van der Waals surface area contributed by atoms with Crippen molar-refractivity contribution in [2.45, 2.75) is 44.3 Å². The minimum absolute atomic E-state index is 0.385. The Morgan fingerprint density at radius 3 is 2.92 bits per heavy atom. The lowest BCUT2D eigenvalue weighted by molar-refractivity contribution is -0.134. The molecular weight excluding hydrogens is 152 g/mol. The van der Waals surface area contributed by atoms with Gasteiger partial charge in [0.15, 0.2) is 0 Å². The second-order valence-corrected chi connectivity index (χ2v) is 3.54. The third-order valence-electron chi connectivity index (χ3n) is 2.52. The summed E-state index contributed by atoms with van der Waals surface area (Å²) in [4.78, 5) is 0. The van der Waals surface area contributed by atoms with Crippen molar-refractivity contribution < 1.29 is 9.84 Å². The van der Waals surface area contributed by atoms with E-state index < -0.39 is 11.7 Å². The zero-order valence-electron chi connectivity index (χ0n) is 7.55. The first kappa shape index (κ1) is 9.57. The van der Waals surface area contributed by atoms with Crippen molar-refractivity contribution in [2.75, 3.05) is 6.61 Å². The van der Waals surface area contributed by atoms with E-state index >= 15 is 0 Å². The summed E-state index contributed by atoms with van der Waals surface area (Å²) in [6, 6.07) is 0. The van der Waals surface area contributed by atoms with Gasteiger partial charge in [-0.2, -0.15) is 0 Å². The van der Waals surface area contributed by atoms with Crippen molar-refractivity contribution in [2.24, 2.45) is 0 Å². The van der Waals surface area contributed by atoms with Crippen LogP contribution in [0.4, 0.5) is 0 Å². The number of hydrogen-bond donors (Lipinski definition) is 1. The normalized spacial score (nSPS) is 32.4. The van der Waals surface area contributed by atoms with E-state index in [9.17, 15) is 5.11 Å². The van der Waals surface area contributed by atoms with E-state index in [1.807, 2.05) is 6.92 Å². The zero-order chi connectivity index (χ0) is 9.03. The Kier molecular flexibility index (Phi) is 3.13. The summed E-state index contributed by atoms with van der Waals surface area (Å²) < 4.78 is 5.53. The van der Waals surface area contributed by atoms with Crippen molar-refractivity contribution in [3.63, 3.8) is 0 Å². The van der Waals surface area contributed by atoms with Crippen LogP contribution in [0, 0.1) is 12.3 Å². The molecule has 1 rings (SSSR count). The second kappa shape index (κ2) is 3.93. The molecule has 0 saturated carbocycles. The van der Waals surface area contributed by atoms with Gasteiger partial charge in [-0.05, 0) is 26.2 Å². The number of ether oxygens (including phenoxy) is 1. The largest absolute Gasteiger partial charge is 0.389 e. The van der Waals surface area contributed by atoms with E-state index in [-0.39, 0.29) is 0 Å². The quantitative estimate of drug-likeness (QED) is 0.630. The van der Waals surface area contributed by atoms with Gasteiger partial charge in [0.25, 0.3) is 0 Å². The van der Waals surface area contributed by atoms with Gasteiger partial charge < -0.3 is 9.84 Å². The van der Waals surface area contributed by atoms with Crippen LogP contribution in [0.25, 0.3) is 0 Å². The van der Waals surface area contributed by atoms with Crippen LogP contribution in [0.5, 0.6) is 0 Å². The first-order valence-corrected chi connectivity index (χ1v) is 4.44. The molecule has 68 valence electrons. The van der Waals surface area contributed by atoms with Gasteiger partial charge in [-0.1, -0.05) is 0 Å². The number of aliphatic hydroxyl groups excluding tert-OH is 1. The monoisotopic (exact) mass is 168 g/mol. The van der Waals surface area contributed by atoms with E-state index in [0.717, 1.165) is 25.9 Å². The Morgan fingerprint density at radius 1 is 1.67 bits per heavy atom. The Bertz CT molecular complexity index is 175. The minimum atomic E-state index is -0.511. The fourth-order valence-corrected chi connectivity index (χ4v) is 1.55. The van der Waals surface area contributed by atoms with Gasteiger partial charge in [-0.15, -0.1) is 12.3 Å². The third-order valence-corrected chi connectivity index (χ3v) is 2.52. The maximum absolute atomic E-state index is 9.67. The van der Waals surface area contributed by atoms with Gasteiger partial charge >= 0.3 is 0 Å². The maximum atomic E-state index is 9.67. The Hall–Kier alpha value is -0.520. The molecule has 2 heteroatoms. The SMILES string of the molecule is C#CCC(O)C1(C)CCCCO1. The van der Waals surface area contributed by atoms with Crippen LogP contribution in [-0.4, -0.2) is 23.4 Å². The molecular formula is C10H16O2. The van der Waals surface area contributed by atoms with Crippen molar-refractivity contribution in [3.05, 3.63) is 0 Å². The summed E-state index contributed by atoms with van der Waals surface area (Å²) in [7, 11) is 0. The molecule has 2 atom stereocenters. The van der Waals surface area contributed by atoms with E-state index in [4.69, 9.17) is 11.2 Å². The van der Waals surface area contributed by atoms with Gasteiger partial charge in [0.2, 0.25) is 0 Å². The molecule has 1 aliphatic heterocycles. The molecule has 2 unspecified atom stereocenters. The van der Waals surface area contributed by atoms with E-state index in [0.29, 0.717) is 6.42 Å². The highest BCUT2D eigenvalue weighted by Gasteiger charge is 2.34. The van der Waals surface area contributed by atoms with Gasteiger partial charge in [0.05, 0.1) is 11.7 Å². The van der Waals surface area contributed by atoms with Gasteiger partial charge in [-0.3, -0.25) is 0 Å². The van der Waals surface area contributed by atoms with Crippen LogP contribution in [-0.2, 0) is 4.74 Å². The lowest BCUT2D eigenvalue weighted by Gasteiger charge is -2.37. The van der Waals surface area contributed by atoms with Crippen LogP contribution >= 0.6 is 0 Å². The van der Waals surface area contributed by atoms with Crippen molar-refractivity contribution in [1.29, 1.82) is 0 Å². The molecule has 0 bridgehead atoms. The number of hydrogen-bond acceptors (Lipinski definition) is 2. The molecule has 0 radical (unpaired) electrons. The first-order chi connectivity index (χ1) is 5.69. The standard InChI is InChI=1S/C10H16O2/c1-3-6-9(11)10(2)7-4-5-8-12-10/h1,9,11H,4-8H2,2H3. The lowest BCUT2D eigenvalue weighted by atomic mass is 9.89. The van der Waals surface area contributed by atoms with E-state index in [1.165, 1.54) is 0 Å². The van der Waals surface area contributed by atoms with E-state index in [1.54, 1.807) is 0 Å². The summed E-state index contributed by atoms with van der Waals surface area (Å²) in [5, 5.41) is 9.67. The van der Waals surface area contributed by atoms with Crippen molar-refractivity contribution in [1.82, 2.24) is 0 Å². The molecule has 1 N–H and O–H groups in total. The van der Waals surface area contributed by atoms with Crippen LogP contribution < -0.4 is 0 Å². The smallest absolute Gasteiger partial charge is 0.0935 e. The highest BCUT2D eigenvalue weighted by Crippen LogP contribution is 2.28. The number of rotatable bonds is 2. The molecule has 0 amide bonds. The predicted octanol–water partition coefficient (Wildman–Crippen LogP) is 1.33. The van der Waals surface area contributed by atoms with Crippen molar-refractivity contribution >= 4 is 0 Å². The summed E-state index contributed by atoms with van der Waals surface area (Å²) in [6.45, 7) is 2.69. The molecule has 0 aromatic heterocycles. The lowest BCUT2D eigenvalue weighted by Crippen LogP contribution is -2.44. The van der Waals surface area contributed by atoms with Crippen molar-refractivity contribution in [3.8, 4) is 12.3 Å². The van der Waals surface area contributed by atoms with Crippen LogP contribution in [0.2, 0.25) is 0 Å². The predicted molar refractivity (Wildman–Crippen MR) is 47.7 cm³/mol. The van der Waals surface area contributed by atoms with Gasteiger partial charge in [0.1, 0.15) is 0 Å². The highest BCUT2D eigenvalue weighted by molar-refractivity contribution is 4.95. The maximum Gasteiger partial charge on any atom is 0.0935 e. The Balaban J connectivity index is 2.51.